The molecule has 1 rings (SSSR count). The van der Waals surface area contributed by atoms with E-state index in [0.29, 0.717) is 0 Å². The van der Waals surface area contributed by atoms with Crippen LogP contribution in [-0.4, -0.2) is 74.1 Å². The van der Waals surface area contributed by atoms with Gasteiger partial charge in [0.05, 0.1) is 0 Å². The summed E-state index contributed by atoms with van der Waals surface area (Å²) in [7, 11) is 6.12. The Kier molecular flexibility index (Phi) is 11.1. The van der Waals surface area contributed by atoms with Gasteiger partial charge in [0.25, 0.3) is 0 Å². The Morgan fingerprint density at radius 3 is 2.70 bits per heavy atom. The minimum atomic E-state index is 0. The fourth-order valence-corrected chi connectivity index (χ4v) is 3.50. The largest absolute Gasteiger partial charge is 0.356 e. The molecule has 6 heteroatoms. The van der Waals surface area contributed by atoms with Crippen molar-refractivity contribution in [3.05, 3.63) is 0 Å². The van der Waals surface area contributed by atoms with Gasteiger partial charge in [0.1, 0.15) is 0 Å². The quantitative estimate of drug-likeness (QED) is 0.324. The lowest BCUT2D eigenvalue weighted by Gasteiger charge is -2.36. The third-order valence-corrected chi connectivity index (χ3v) is 4.95. The molecule has 20 heavy (non-hydrogen) atoms. The molecule has 120 valence electrons. The first-order valence-electron chi connectivity index (χ1n) is 7.26. The first-order chi connectivity index (χ1) is 9.04. The molecule has 1 aliphatic rings. The molecule has 0 radical (unpaired) electrons. The van der Waals surface area contributed by atoms with Crippen molar-refractivity contribution in [3.8, 4) is 0 Å². The predicted molar refractivity (Wildman–Crippen MR) is 103 cm³/mol. The average Bonchev–Trinajstić information content (AvgIpc) is 2.38. The monoisotopic (exact) mass is 414 g/mol. The van der Waals surface area contributed by atoms with E-state index >= 15 is 0 Å². The summed E-state index contributed by atoms with van der Waals surface area (Å²) in [4.78, 5) is 9.06. The Labute approximate surface area is 146 Å². The Morgan fingerprint density at radius 2 is 2.15 bits per heavy atom. The number of rotatable bonds is 5. The Balaban J connectivity index is 0.00000361. The van der Waals surface area contributed by atoms with Crippen LogP contribution in [0.5, 0.6) is 0 Å². The summed E-state index contributed by atoms with van der Waals surface area (Å²) in [6, 6.07) is 0. The summed E-state index contributed by atoms with van der Waals surface area (Å²) in [6.45, 7) is 8.98. The van der Waals surface area contributed by atoms with E-state index in [1.165, 1.54) is 5.75 Å². The lowest BCUT2D eigenvalue weighted by atomic mass is 10.1. The molecule has 1 N–H and O–H groups in total. The molecule has 0 spiro atoms. The smallest absolute Gasteiger partial charge is 0.193 e. The van der Waals surface area contributed by atoms with E-state index in [4.69, 9.17) is 0 Å². The van der Waals surface area contributed by atoms with Crippen LogP contribution in [0.25, 0.3) is 0 Å². The van der Waals surface area contributed by atoms with Gasteiger partial charge < -0.3 is 15.1 Å². The van der Waals surface area contributed by atoms with Gasteiger partial charge in [-0.15, -0.1) is 24.0 Å². The predicted octanol–water partition coefficient (Wildman–Crippen LogP) is 2.20. The number of hydrogen-bond donors (Lipinski definition) is 1. The van der Waals surface area contributed by atoms with Crippen molar-refractivity contribution >= 4 is 41.7 Å². The first-order valence-corrected chi connectivity index (χ1v) is 8.31. The van der Waals surface area contributed by atoms with E-state index in [1.807, 2.05) is 7.05 Å². The molecule has 1 heterocycles. The van der Waals surface area contributed by atoms with Crippen molar-refractivity contribution in [3.63, 3.8) is 0 Å². The van der Waals surface area contributed by atoms with Crippen LogP contribution in [0, 0.1) is 5.92 Å². The van der Waals surface area contributed by atoms with Crippen molar-refractivity contribution in [2.24, 2.45) is 10.9 Å². The van der Waals surface area contributed by atoms with Crippen LogP contribution in [0.2, 0.25) is 0 Å². The van der Waals surface area contributed by atoms with Crippen molar-refractivity contribution in [2.75, 3.05) is 53.1 Å². The molecule has 1 unspecified atom stereocenters. The number of thioether (sulfide) groups is 1. The molecular formula is C14H31IN4S. The van der Waals surface area contributed by atoms with E-state index in [1.54, 1.807) is 0 Å². The van der Waals surface area contributed by atoms with Gasteiger partial charge in [0, 0.05) is 37.7 Å². The zero-order chi connectivity index (χ0) is 14.3. The van der Waals surface area contributed by atoms with Crippen LogP contribution in [0.3, 0.4) is 0 Å². The highest BCUT2D eigenvalue weighted by Crippen LogP contribution is 2.24. The minimum absolute atomic E-state index is 0. The molecule has 1 atom stereocenters. The summed E-state index contributed by atoms with van der Waals surface area (Å²) in [5.74, 6) is 3.02. The average molecular weight is 414 g/mol. The standard InChI is InChI=1S/C14H30N4S.HI/c1-12(2)13-11-18(9-10-19-13)14(15-3)16-7-6-8-17(4)5;/h12-13H,6-11H2,1-5H3,(H,15,16);1H. The Bertz CT molecular complexity index is 284. The van der Waals surface area contributed by atoms with Gasteiger partial charge in [-0.05, 0) is 33.0 Å². The van der Waals surface area contributed by atoms with E-state index in [2.05, 4.69) is 59.8 Å². The molecule has 0 aromatic heterocycles. The third-order valence-electron chi connectivity index (χ3n) is 3.41. The molecule has 1 aliphatic heterocycles. The van der Waals surface area contributed by atoms with Gasteiger partial charge >= 0.3 is 0 Å². The molecule has 4 nitrogen and oxygen atoms in total. The highest BCUT2D eigenvalue weighted by Gasteiger charge is 2.24. The first kappa shape index (κ1) is 20.3. The number of guanidine groups is 1. The summed E-state index contributed by atoms with van der Waals surface area (Å²) in [5.41, 5.74) is 0. The maximum absolute atomic E-state index is 4.43. The second-order valence-corrected chi connectivity index (χ2v) is 7.08. The highest BCUT2D eigenvalue weighted by molar-refractivity contribution is 14.0. The molecule has 0 aliphatic carbocycles. The van der Waals surface area contributed by atoms with Gasteiger partial charge in [0.15, 0.2) is 5.96 Å². The fraction of sp³-hybridized carbons (Fsp3) is 0.929. The summed E-state index contributed by atoms with van der Waals surface area (Å²) in [5, 5.41) is 4.22. The molecule has 1 fully saturated rings. The minimum Gasteiger partial charge on any atom is -0.356 e. The lowest BCUT2D eigenvalue weighted by Crippen LogP contribution is -2.49. The topological polar surface area (TPSA) is 30.9 Å². The van der Waals surface area contributed by atoms with Crippen LogP contribution in [0.15, 0.2) is 4.99 Å². The van der Waals surface area contributed by atoms with E-state index in [0.717, 1.165) is 49.7 Å². The molecule has 1 saturated heterocycles. The molecular weight excluding hydrogens is 383 g/mol. The number of hydrogen-bond acceptors (Lipinski definition) is 3. The van der Waals surface area contributed by atoms with Crippen LogP contribution in [0.4, 0.5) is 0 Å². The van der Waals surface area contributed by atoms with Crippen LogP contribution < -0.4 is 5.32 Å². The summed E-state index contributed by atoms with van der Waals surface area (Å²) >= 11 is 2.10. The molecule has 0 aromatic carbocycles. The fourth-order valence-electron chi connectivity index (χ4n) is 2.20. The summed E-state index contributed by atoms with van der Waals surface area (Å²) in [6.07, 6.45) is 1.15. The van der Waals surface area contributed by atoms with Crippen molar-refractivity contribution < 1.29 is 0 Å². The maximum atomic E-state index is 4.43. The molecule has 0 saturated carbocycles. The van der Waals surface area contributed by atoms with E-state index in [-0.39, 0.29) is 24.0 Å². The number of halogens is 1. The summed E-state index contributed by atoms with van der Waals surface area (Å²) < 4.78 is 0. The zero-order valence-electron chi connectivity index (χ0n) is 13.6. The van der Waals surface area contributed by atoms with Crippen molar-refractivity contribution in [2.45, 2.75) is 25.5 Å². The molecule has 0 aromatic rings. The van der Waals surface area contributed by atoms with Crippen LogP contribution in [-0.2, 0) is 0 Å². The van der Waals surface area contributed by atoms with Gasteiger partial charge in [-0.3, -0.25) is 4.99 Å². The Hall–Kier alpha value is 0.310. The zero-order valence-corrected chi connectivity index (χ0v) is 16.7. The number of aliphatic imine (C=N–C) groups is 1. The maximum Gasteiger partial charge on any atom is 0.193 e. The van der Waals surface area contributed by atoms with Crippen molar-refractivity contribution in [1.29, 1.82) is 0 Å². The number of nitrogens with one attached hydrogen (secondary N) is 1. The van der Waals surface area contributed by atoms with Crippen molar-refractivity contribution in [1.82, 2.24) is 15.1 Å². The molecule has 0 amide bonds. The highest BCUT2D eigenvalue weighted by atomic mass is 127. The van der Waals surface area contributed by atoms with E-state index in [9.17, 15) is 0 Å². The number of nitrogens with zero attached hydrogens (tertiary/aromatic N) is 3. The van der Waals surface area contributed by atoms with Gasteiger partial charge in [0.2, 0.25) is 0 Å². The lowest BCUT2D eigenvalue weighted by molar-refractivity contribution is 0.373. The molecule has 0 bridgehead atoms. The van der Waals surface area contributed by atoms with Crippen LogP contribution >= 0.6 is 35.7 Å². The van der Waals surface area contributed by atoms with Crippen LogP contribution in [0.1, 0.15) is 20.3 Å². The Morgan fingerprint density at radius 1 is 1.45 bits per heavy atom. The third kappa shape index (κ3) is 7.36. The SMILES string of the molecule is CN=C(NCCCN(C)C)N1CCSC(C(C)C)C1.I. The van der Waals surface area contributed by atoms with Gasteiger partial charge in [-0.1, -0.05) is 13.8 Å². The normalized spacial score (nSPS) is 20.2. The second kappa shape index (κ2) is 11.0. The van der Waals surface area contributed by atoms with Gasteiger partial charge in [-0.2, -0.15) is 11.8 Å². The van der Waals surface area contributed by atoms with Gasteiger partial charge in [-0.25, -0.2) is 0 Å². The van der Waals surface area contributed by atoms with E-state index < -0.39 is 0 Å². The second-order valence-electron chi connectivity index (χ2n) is 5.73.